The minimum absolute atomic E-state index is 0.0103. The highest BCUT2D eigenvalue weighted by Gasteiger charge is 2.14. The molecule has 0 radical (unpaired) electrons. The molecule has 3 N–H and O–H groups in total. The van der Waals surface area contributed by atoms with Crippen molar-refractivity contribution in [2.24, 2.45) is 5.14 Å². The summed E-state index contributed by atoms with van der Waals surface area (Å²) in [6.07, 6.45) is 0.749. The van der Waals surface area contributed by atoms with Crippen molar-refractivity contribution in [2.45, 2.75) is 37.8 Å². The molecule has 27 heavy (non-hydrogen) atoms. The lowest BCUT2D eigenvalue weighted by Gasteiger charge is -2.18. The van der Waals surface area contributed by atoms with Crippen LogP contribution in [0.2, 0.25) is 5.02 Å². The number of methoxy groups -OCH3 is 1. The van der Waals surface area contributed by atoms with E-state index in [9.17, 15) is 8.42 Å². The van der Waals surface area contributed by atoms with Crippen LogP contribution in [0.1, 0.15) is 25.0 Å². The number of nitrogens with one attached hydrogen (secondary N) is 1. The Morgan fingerprint density at radius 2 is 1.85 bits per heavy atom. The average molecular weight is 413 g/mol. The number of halogens is 1. The summed E-state index contributed by atoms with van der Waals surface area (Å²) < 4.78 is 33.8. The third kappa shape index (κ3) is 6.39. The van der Waals surface area contributed by atoms with Crippen LogP contribution in [0.3, 0.4) is 0 Å². The van der Waals surface area contributed by atoms with Crippen molar-refractivity contribution >= 4 is 21.6 Å². The highest BCUT2D eigenvalue weighted by molar-refractivity contribution is 7.89. The fourth-order valence-electron chi connectivity index (χ4n) is 2.58. The van der Waals surface area contributed by atoms with Gasteiger partial charge in [0.25, 0.3) is 0 Å². The summed E-state index contributed by atoms with van der Waals surface area (Å²) in [5.41, 5.74) is 1.93. The Hall–Kier alpha value is -1.80. The SMILES string of the molecule is COc1cc(Cl)cc(CNCCc2ccc(S(N)(=O)=O)cc2)c1OC(C)C. The lowest BCUT2D eigenvalue weighted by Crippen LogP contribution is -2.18. The first-order valence-electron chi connectivity index (χ1n) is 8.56. The van der Waals surface area contributed by atoms with Crippen molar-refractivity contribution in [3.8, 4) is 11.5 Å². The Balaban J connectivity index is 1.99. The molecule has 0 aliphatic rings. The van der Waals surface area contributed by atoms with Crippen LogP contribution in [0, 0.1) is 0 Å². The summed E-state index contributed by atoms with van der Waals surface area (Å²) in [6, 6.07) is 10.1. The molecule has 0 amide bonds. The quantitative estimate of drug-likeness (QED) is 0.617. The molecule has 2 aromatic carbocycles. The number of primary sulfonamides is 1. The van der Waals surface area contributed by atoms with Crippen molar-refractivity contribution in [3.05, 3.63) is 52.5 Å². The summed E-state index contributed by atoms with van der Waals surface area (Å²) in [4.78, 5) is 0.112. The number of ether oxygens (including phenoxy) is 2. The third-order valence-electron chi connectivity index (χ3n) is 3.83. The predicted molar refractivity (Wildman–Crippen MR) is 107 cm³/mol. The maximum atomic E-state index is 11.3. The van der Waals surface area contributed by atoms with E-state index in [1.54, 1.807) is 25.3 Å². The Kier molecular flexibility index (Phi) is 7.49. The fraction of sp³-hybridized carbons (Fsp3) is 0.368. The van der Waals surface area contributed by atoms with Gasteiger partial charge >= 0.3 is 0 Å². The van der Waals surface area contributed by atoms with Gasteiger partial charge in [-0.3, -0.25) is 0 Å². The smallest absolute Gasteiger partial charge is 0.238 e. The normalized spacial score (nSPS) is 11.6. The molecule has 0 fully saturated rings. The summed E-state index contributed by atoms with van der Waals surface area (Å²) in [5, 5.41) is 9.04. The number of sulfonamides is 1. The molecule has 0 atom stereocenters. The van der Waals surface area contributed by atoms with Gasteiger partial charge in [0.2, 0.25) is 10.0 Å². The average Bonchev–Trinajstić information content (AvgIpc) is 2.59. The lowest BCUT2D eigenvalue weighted by atomic mass is 10.1. The molecule has 148 valence electrons. The number of rotatable bonds is 9. The van der Waals surface area contributed by atoms with E-state index in [0.717, 1.165) is 17.5 Å². The molecular formula is C19H25ClN2O4S. The number of hydrogen-bond donors (Lipinski definition) is 2. The molecule has 2 aromatic rings. The minimum Gasteiger partial charge on any atom is -0.493 e. The van der Waals surface area contributed by atoms with Gasteiger partial charge in [0.05, 0.1) is 18.1 Å². The highest BCUT2D eigenvalue weighted by Crippen LogP contribution is 2.35. The monoisotopic (exact) mass is 412 g/mol. The van der Waals surface area contributed by atoms with E-state index < -0.39 is 10.0 Å². The number of benzene rings is 2. The van der Waals surface area contributed by atoms with Crippen molar-refractivity contribution in [1.29, 1.82) is 0 Å². The van der Waals surface area contributed by atoms with E-state index in [2.05, 4.69) is 5.32 Å². The molecule has 0 spiro atoms. The van der Waals surface area contributed by atoms with E-state index >= 15 is 0 Å². The van der Waals surface area contributed by atoms with Gasteiger partial charge in [-0.25, -0.2) is 13.6 Å². The van der Waals surface area contributed by atoms with E-state index in [1.165, 1.54) is 12.1 Å². The molecular weight excluding hydrogens is 388 g/mol. The first-order chi connectivity index (χ1) is 12.7. The van der Waals surface area contributed by atoms with E-state index in [1.807, 2.05) is 19.9 Å². The standard InChI is InChI=1S/C19H25ClN2O4S/c1-13(2)26-19-15(10-16(20)11-18(19)25-3)12-22-9-8-14-4-6-17(7-5-14)27(21,23)24/h4-7,10-11,13,22H,8-9,12H2,1-3H3,(H2,21,23,24). The molecule has 0 saturated heterocycles. The van der Waals surface area contributed by atoms with Gasteiger partial charge in [-0.05, 0) is 50.6 Å². The third-order valence-corrected chi connectivity index (χ3v) is 4.98. The second kappa shape index (κ2) is 9.41. The largest absolute Gasteiger partial charge is 0.493 e. The Bertz CT molecular complexity index is 868. The zero-order chi connectivity index (χ0) is 20.0. The maximum Gasteiger partial charge on any atom is 0.238 e. The van der Waals surface area contributed by atoms with E-state index in [4.69, 9.17) is 26.2 Å². The van der Waals surface area contributed by atoms with Crippen molar-refractivity contribution in [2.75, 3.05) is 13.7 Å². The summed E-state index contributed by atoms with van der Waals surface area (Å²) in [6.45, 7) is 5.17. The van der Waals surface area contributed by atoms with Crippen molar-refractivity contribution in [1.82, 2.24) is 5.32 Å². The molecule has 2 rings (SSSR count). The van der Waals surface area contributed by atoms with Crippen molar-refractivity contribution in [3.63, 3.8) is 0 Å². The van der Waals surface area contributed by atoms with E-state index in [-0.39, 0.29) is 11.0 Å². The molecule has 8 heteroatoms. The highest BCUT2D eigenvalue weighted by atomic mass is 35.5. The molecule has 0 aliphatic heterocycles. The summed E-state index contributed by atoms with van der Waals surface area (Å²) in [7, 11) is -2.08. The van der Waals surface area contributed by atoms with Crippen LogP contribution in [0.15, 0.2) is 41.3 Å². The van der Waals surface area contributed by atoms with Crippen LogP contribution in [0.25, 0.3) is 0 Å². The first kappa shape index (κ1) is 21.5. The summed E-state index contributed by atoms with van der Waals surface area (Å²) >= 11 is 6.17. The Labute approximate surface area is 165 Å². The maximum absolute atomic E-state index is 11.3. The molecule has 0 heterocycles. The summed E-state index contributed by atoms with van der Waals surface area (Å²) in [5.74, 6) is 1.29. The fourth-order valence-corrected chi connectivity index (χ4v) is 3.32. The van der Waals surface area contributed by atoms with Crippen LogP contribution in [-0.2, 0) is 23.0 Å². The minimum atomic E-state index is -3.66. The van der Waals surface area contributed by atoms with Crippen LogP contribution in [0.5, 0.6) is 11.5 Å². The van der Waals surface area contributed by atoms with Crippen LogP contribution < -0.4 is 19.9 Å². The van der Waals surface area contributed by atoms with E-state index in [0.29, 0.717) is 29.6 Å². The zero-order valence-electron chi connectivity index (χ0n) is 15.7. The van der Waals surface area contributed by atoms with Gasteiger partial charge in [-0.1, -0.05) is 23.7 Å². The van der Waals surface area contributed by atoms with Gasteiger partial charge in [-0.2, -0.15) is 0 Å². The molecule has 0 bridgehead atoms. The van der Waals surface area contributed by atoms with Gasteiger partial charge in [0, 0.05) is 23.2 Å². The molecule has 6 nitrogen and oxygen atoms in total. The van der Waals surface area contributed by atoms with Gasteiger partial charge < -0.3 is 14.8 Å². The first-order valence-corrected chi connectivity index (χ1v) is 10.5. The molecule has 0 unspecified atom stereocenters. The van der Waals surface area contributed by atoms with Gasteiger partial charge in [0.15, 0.2) is 11.5 Å². The topological polar surface area (TPSA) is 90.6 Å². The molecule has 0 aliphatic carbocycles. The van der Waals surface area contributed by atoms with Gasteiger partial charge in [-0.15, -0.1) is 0 Å². The van der Waals surface area contributed by atoms with Crippen LogP contribution in [-0.4, -0.2) is 28.2 Å². The van der Waals surface area contributed by atoms with Crippen LogP contribution >= 0.6 is 11.6 Å². The van der Waals surface area contributed by atoms with Crippen LogP contribution in [0.4, 0.5) is 0 Å². The zero-order valence-corrected chi connectivity index (χ0v) is 17.2. The predicted octanol–water partition coefficient (Wildman–Crippen LogP) is 3.12. The number of hydrogen-bond acceptors (Lipinski definition) is 5. The second-order valence-corrected chi connectivity index (χ2v) is 8.38. The van der Waals surface area contributed by atoms with Gasteiger partial charge in [0.1, 0.15) is 0 Å². The molecule has 0 aromatic heterocycles. The Morgan fingerprint density at radius 1 is 1.19 bits per heavy atom. The molecule has 0 saturated carbocycles. The number of nitrogens with two attached hydrogens (primary N) is 1. The lowest BCUT2D eigenvalue weighted by molar-refractivity contribution is 0.227. The Morgan fingerprint density at radius 3 is 2.41 bits per heavy atom. The van der Waals surface area contributed by atoms with Crippen molar-refractivity contribution < 1.29 is 17.9 Å². The second-order valence-electron chi connectivity index (χ2n) is 6.38.